The number of hydrogen-bond donors (Lipinski definition) is 1. The second-order valence-electron chi connectivity index (χ2n) is 4.16. The zero-order valence-electron chi connectivity index (χ0n) is 10.2. The van der Waals surface area contributed by atoms with Crippen molar-refractivity contribution in [3.63, 3.8) is 0 Å². The van der Waals surface area contributed by atoms with Crippen molar-refractivity contribution in [3.8, 4) is 11.4 Å². The molecule has 0 radical (unpaired) electrons. The molecule has 0 aliphatic rings. The highest BCUT2D eigenvalue weighted by atomic mass is 79.9. The summed E-state index contributed by atoms with van der Waals surface area (Å²) in [5.74, 6) is -1.24. The van der Waals surface area contributed by atoms with Gasteiger partial charge in [-0.05, 0) is 41.0 Å². The molecule has 2 N–H and O–H groups in total. The van der Waals surface area contributed by atoms with Gasteiger partial charge < -0.3 is 10.3 Å². The first-order chi connectivity index (χ1) is 9.04. The highest BCUT2D eigenvalue weighted by Gasteiger charge is 2.19. The Morgan fingerprint density at radius 3 is 2.84 bits per heavy atom. The van der Waals surface area contributed by atoms with Crippen LogP contribution in [0.3, 0.4) is 0 Å². The van der Waals surface area contributed by atoms with E-state index in [0.29, 0.717) is 24.4 Å². The fourth-order valence-electron chi connectivity index (χ4n) is 1.62. The van der Waals surface area contributed by atoms with Crippen LogP contribution in [0.2, 0.25) is 0 Å². The van der Waals surface area contributed by atoms with Crippen molar-refractivity contribution in [2.24, 2.45) is 5.73 Å². The van der Waals surface area contributed by atoms with Gasteiger partial charge in [0.2, 0.25) is 11.7 Å². The molecule has 0 saturated carbocycles. The van der Waals surface area contributed by atoms with Crippen LogP contribution in [0.25, 0.3) is 11.4 Å². The maximum atomic E-state index is 13.4. The summed E-state index contributed by atoms with van der Waals surface area (Å²) in [4.78, 5) is 4.18. The molecule has 102 valence electrons. The fraction of sp³-hybridized carbons (Fsp3) is 0.333. The standard InChI is InChI=1S/C12H12BrF2N3O/c1-6(4-5-16)12-17-11(18-19-12)7-2-3-8(14)10(15)9(7)13/h2-3,6H,4-5,16H2,1H3. The topological polar surface area (TPSA) is 64.9 Å². The highest BCUT2D eigenvalue weighted by Crippen LogP contribution is 2.30. The first-order valence-corrected chi connectivity index (χ1v) is 6.51. The number of hydrogen-bond acceptors (Lipinski definition) is 4. The van der Waals surface area contributed by atoms with Crippen molar-refractivity contribution < 1.29 is 13.3 Å². The van der Waals surface area contributed by atoms with E-state index in [0.717, 1.165) is 6.07 Å². The molecule has 2 aromatic rings. The summed E-state index contributed by atoms with van der Waals surface area (Å²) in [5, 5.41) is 3.78. The van der Waals surface area contributed by atoms with E-state index >= 15 is 0 Å². The van der Waals surface area contributed by atoms with Crippen molar-refractivity contribution in [3.05, 3.63) is 34.1 Å². The lowest BCUT2D eigenvalue weighted by Gasteiger charge is -2.02. The SMILES string of the molecule is CC(CCN)c1nc(-c2ccc(F)c(F)c2Br)no1. The van der Waals surface area contributed by atoms with Gasteiger partial charge in [-0.1, -0.05) is 12.1 Å². The van der Waals surface area contributed by atoms with E-state index in [-0.39, 0.29) is 16.2 Å². The van der Waals surface area contributed by atoms with E-state index in [4.69, 9.17) is 10.3 Å². The van der Waals surface area contributed by atoms with E-state index < -0.39 is 11.6 Å². The molecule has 0 amide bonds. The second-order valence-corrected chi connectivity index (χ2v) is 4.95. The summed E-state index contributed by atoms with van der Waals surface area (Å²) in [6.45, 7) is 2.41. The van der Waals surface area contributed by atoms with Gasteiger partial charge in [-0.25, -0.2) is 8.78 Å². The molecule has 2 rings (SSSR count). The Balaban J connectivity index is 2.36. The smallest absolute Gasteiger partial charge is 0.229 e. The van der Waals surface area contributed by atoms with Gasteiger partial charge in [-0.15, -0.1) is 0 Å². The molecule has 1 aromatic heterocycles. The zero-order chi connectivity index (χ0) is 14.0. The molecule has 7 heteroatoms. The molecule has 1 heterocycles. The average Bonchev–Trinajstić information content (AvgIpc) is 2.86. The second kappa shape index (κ2) is 5.75. The number of aromatic nitrogens is 2. The van der Waals surface area contributed by atoms with Crippen LogP contribution < -0.4 is 5.73 Å². The molecule has 0 bridgehead atoms. The minimum atomic E-state index is -0.973. The Kier molecular flexibility index (Phi) is 4.26. The Bertz CT molecular complexity index is 588. The van der Waals surface area contributed by atoms with E-state index in [9.17, 15) is 8.78 Å². The number of benzene rings is 1. The minimum absolute atomic E-state index is 0.0219. The normalized spacial score (nSPS) is 12.7. The number of nitrogens with two attached hydrogens (primary N) is 1. The van der Waals surface area contributed by atoms with Gasteiger partial charge in [0.1, 0.15) is 0 Å². The monoisotopic (exact) mass is 331 g/mol. The molecule has 0 spiro atoms. The Labute approximate surface area is 117 Å². The van der Waals surface area contributed by atoms with Gasteiger partial charge in [0, 0.05) is 11.5 Å². The van der Waals surface area contributed by atoms with Gasteiger partial charge in [-0.2, -0.15) is 4.98 Å². The molecule has 19 heavy (non-hydrogen) atoms. The van der Waals surface area contributed by atoms with Crippen molar-refractivity contribution in [1.29, 1.82) is 0 Å². The molecule has 0 saturated heterocycles. The van der Waals surface area contributed by atoms with Gasteiger partial charge in [0.05, 0.1) is 4.47 Å². The van der Waals surface area contributed by atoms with E-state index in [2.05, 4.69) is 26.1 Å². The van der Waals surface area contributed by atoms with Crippen LogP contribution in [0.15, 0.2) is 21.1 Å². The largest absolute Gasteiger partial charge is 0.339 e. The van der Waals surface area contributed by atoms with Crippen LogP contribution >= 0.6 is 15.9 Å². The summed E-state index contributed by atoms with van der Waals surface area (Å²) < 4.78 is 31.5. The molecule has 0 aliphatic carbocycles. The third-order valence-corrected chi connectivity index (χ3v) is 3.51. The number of rotatable bonds is 4. The first kappa shape index (κ1) is 14.1. The summed E-state index contributed by atoms with van der Waals surface area (Å²) in [7, 11) is 0. The molecule has 4 nitrogen and oxygen atoms in total. The lowest BCUT2D eigenvalue weighted by molar-refractivity contribution is 0.355. The Hall–Kier alpha value is -1.34. The maximum Gasteiger partial charge on any atom is 0.229 e. The summed E-state index contributed by atoms with van der Waals surface area (Å²) in [5.41, 5.74) is 5.80. The summed E-state index contributed by atoms with van der Waals surface area (Å²) in [6, 6.07) is 2.42. The van der Waals surface area contributed by atoms with Crippen molar-refractivity contribution in [2.75, 3.05) is 6.54 Å². The van der Waals surface area contributed by atoms with Crippen molar-refractivity contribution in [2.45, 2.75) is 19.3 Å². The van der Waals surface area contributed by atoms with Crippen LogP contribution in [0.1, 0.15) is 25.2 Å². The van der Waals surface area contributed by atoms with Gasteiger partial charge in [-0.3, -0.25) is 0 Å². The number of nitrogens with zero attached hydrogens (tertiary/aromatic N) is 2. The van der Waals surface area contributed by atoms with Gasteiger partial charge in [0.15, 0.2) is 11.6 Å². The lowest BCUT2D eigenvalue weighted by Crippen LogP contribution is -2.04. The van der Waals surface area contributed by atoms with Gasteiger partial charge >= 0.3 is 0 Å². The molecular weight excluding hydrogens is 320 g/mol. The Morgan fingerprint density at radius 2 is 2.16 bits per heavy atom. The fourth-order valence-corrected chi connectivity index (χ4v) is 2.12. The third kappa shape index (κ3) is 2.82. The number of halogens is 3. The zero-order valence-corrected chi connectivity index (χ0v) is 11.7. The molecule has 0 aliphatic heterocycles. The average molecular weight is 332 g/mol. The Morgan fingerprint density at radius 1 is 1.42 bits per heavy atom. The van der Waals surface area contributed by atoms with Crippen LogP contribution in [0.5, 0.6) is 0 Å². The molecular formula is C12H12BrF2N3O. The van der Waals surface area contributed by atoms with E-state index in [1.807, 2.05) is 6.92 Å². The summed E-state index contributed by atoms with van der Waals surface area (Å²) in [6.07, 6.45) is 0.709. The predicted octanol–water partition coefficient (Wildman–Crippen LogP) is 3.23. The van der Waals surface area contributed by atoms with Crippen LogP contribution in [-0.4, -0.2) is 16.7 Å². The molecule has 0 fully saturated rings. The predicted molar refractivity (Wildman–Crippen MR) is 69.4 cm³/mol. The van der Waals surface area contributed by atoms with Crippen molar-refractivity contribution in [1.82, 2.24) is 10.1 Å². The summed E-state index contributed by atoms with van der Waals surface area (Å²) >= 11 is 2.99. The van der Waals surface area contributed by atoms with Crippen LogP contribution in [0, 0.1) is 11.6 Å². The molecule has 1 aromatic carbocycles. The van der Waals surface area contributed by atoms with E-state index in [1.54, 1.807) is 0 Å². The van der Waals surface area contributed by atoms with E-state index in [1.165, 1.54) is 6.07 Å². The quantitative estimate of drug-likeness (QED) is 0.873. The highest BCUT2D eigenvalue weighted by molar-refractivity contribution is 9.10. The lowest BCUT2D eigenvalue weighted by atomic mass is 10.1. The van der Waals surface area contributed by atoms with Crippen LogP contribution in [0.4, 0.5) is 8.78 Å². The third-order valence-electron chi connectivity index (χ3n) is 2.74. The van der Waals surface area contributed by atoms with Crippen molar-refractivity contribution >= 4 is 15.9 Å². The van der Waals surface area contributed by atoms with Gasteiger partial charge in [0.25, 0.3) is 0 Å². The first-order valence-electron chi connectivity index (χ1n) is 5.72. The minimum Gasteiger partial charge on any atom is -0.339 e. The maximum absolute atomic E-state index is 13.4. The molecule has 1 unspecified atom stereocenters. The molecule has 1 atom stereocenters. The van der Waals surface area contributed by atoms with Crippen LogP contribution in [-0.2, 0) is 0 Å².